The van der Waals surface area contributed by atoms with Crippen LogP contribution in [0.4, 0.5) is 0 Å². The minimum atomic E-state index is -0.457. The van der Waals surface area contributed by atoms with Gasteiger partial charge in [-0.05, 0) is 18.6 Å². The van der Waals surface area contributed by atoms with Gasteiger partial charge in [-0.25, -0.2) is 0 Å². The maximum absolute atomic E-state index is 11.5. The summed E-state index contributed by atoms with van der Waals surface area (Å²) in [5.74, 6) is 1.30. The van der Waals surface area contributed by atoms with Gasteiger partial charge in [-0.1, -0.05) is 19.1 Å². The smallest absolute Gasteiger partial charge is 0.237 e. The highest BCUT2D eigenvalue weighted by molar-refractivity contribution is 5.85. The van der Waals surface area contributed by atoms with E-state index in [1.807, 2.05) is 31.2 Å². The van der Waals surface area contributed by atoms with Crippen LogP contribution in [0.1, 0.15) is 13.3 Å². The molecule has 1 aliphatic rings. The average Bonchev–Trinajstić information content (AvgIpc) is 2.43. The van der Waals surface area contributed by atoms with Gasteiger partial charge in [0, 0.05) is 0 Å². The number of nitrogens with one attached hydrogen (secondary N) is 1. The maximum Gasteiger partial charge on any atom is 0.237 e. The van der Waals surface area contributed by atoms with E-state index >= 15 is 0 Å². The molecule has 1 amide bonds. The van der Waals surface area contributed by atoms with Crippen molar-refractivity contribution in [3.05, 3.63) is 24.3 Å². The van der Waals surface area contributed by atoms with Crippen molar-refractivity contribution in [3.8, 4) is 11.5 Å². The zero-order chi connectivity index (χ0) is 13.0. The Morgan fingerprint density at radius 1 is 1.47 bits per heavy atom. The van der Waals surface area contributed by atoms with Gasteiger partial charge in [0.05, 0.1) is 12.6 Å². The molecule has 0 radical (unpaired) electrons. The van der Waals surface area contributed by atoms with Crippen molar-refractivity contribution in [1.29, 1.82) is 0 Å². The van der Waals surface area contributed by atoms with Crippen LogP contribution in [0, 0.1) is 0 Å². The van der Waals surface area contributed by atoms with Gasteiger partial charge >= 0.3 is 0 Å². The number of amides is 1. The monoisotopic (exact) mass is 286 g/mol. The molecule has 1 aliphatic heterocycles. The number of carbonyl (C=O) groups is 1. The molecule has 5 nitrogen and oxygen atoms in total. The molecule has 2 rings (SSSR count). The number of rotatable bonds is 4. The Balaban J connectivity index is 0.00000180. The molecule has 106 valence electrons. The first kappa shape index (κ1) is 15.6. The van der Waals surface area contributed by atoms with Gasteiger partial charge in [-0.3, -0.25) is 4.79 Å². The van der Waals surface area contributed by atoms with Crippen LogP contribution < -0.4 is 20.5 Å². The summed E-state index contributed by atoms with van der Waals surface area (Å²) in [6.45, 7) is 2.71. The quantitative estimate of drug-likeness (QED) is 0.869. The normalized spacial score (nSPS) is 18.1. The zero-order valence-corrected chi connectivity index (χ0v) is 11.6. The minimum absolute atomic E-state index is 0. The van der Waals surface area contributed by atoms with Crippen molar-refractivity contribution >= 4 is 18.3 Å². The first-order valence-corrected chi connectivity index (χ1v) is 6.12. The Morgan fingerprint density at radius 3 is 2.84 bits per heavy atom. The predicted octanol–water partition coefficient (Wildman–Crippen LogP) is 1.10. The third-order valence-electron chi connectivity index (χ3n) is 2.85. The number of fused-ring (bicyclic) bond motifs is 1. The first-order chi connectivity index (χ1) is 8.70. The Labute approximate surface area is 118 Å². The molecule has 1 unspecified atom stereocenters. The van der Waals surface area contributed by atoms with Gasteiger partial charge in [0.25, 0.3) is 0 Å². The number of hydrogen-bond acceptors (Lipinski definition) is 4. The number of halogens is 1. The van der Waals surface area contributed by atoms with Crippen LogP contribution in [-0.4, -0.2) is 31.2 Å². The summed E-state index contributed by atoms with van der Waals surface area (Å²) in [5.41, 5.74) is 5.62. The molecule has 0 saturated heterocycles. The van der Waals surface area contributed by atoms with Crippen LogP contribution in [0.25, 0.3) is 0 Å². The highest BCUT2D eigenvalue weighted by atomic mass is 35.5. The van der Waals surface area contributed by atoms with Crippen molar-refractivity contribution in [3.63, 3.8) is 0 Å². The summed E-state index contributed by atoms with van der Waals surface area (Å²) < 4.78 is 11.3. The lowest BCUT2D eigenvalue weighted by Crippen LogP contribution is -2.46. The second kappa shape index (κ2) is 7.21. The fourth-order valence-corrected chi connectivity index (χ4v) is 1.69. The molecule has 0 bridgehead atoms. The lowest BCUT2D eigenvalue weighted by molar-refractivity contribution is -0.122. The van der Waals surface area contributed by atoms with Crippen molar-refractivity contribution in [2.45, 2.75) is 25.5 Å². The molecule has 6 heteroatoms. The fraction of sp³-hybridized carbons (Fsp3) is 0.462. The molecule has 0 aliphatic carbocycles. The van der Waals surface area contributed by atoms with Crippen LogP contribution in [0.5, 0.6) is 11.5 Å². The lowest BCUT2D eigenvalue weighted by Gasteiger charge is -2.26. The second-order valence-electron chi connectivity index (χ2n) is 4.26. The number of benzene rings is 1. The van der Waals surface area contributed by atoms with E-state index in [9.17, 15) is 4.79 Å². The predicted molar refractivity (Wildman–Crippen MR) is 74.9 cm³/mol. The van der Waals surface area contributed by atoms with Crippen molar-refractivity contribution in [1.82, 2.24) is 5.32 Å². The Morgan fingerprint density at radius 2 is 2.16 bits per heavy atom. The van der Waals surface area contributed by atoms with E-state index in [4.69, 9.17) is 15.2 Å². The SMILES string of the molecule is CC[C@H](N)C(=O)NCC1COc2ccccc2O1.Cl. The molecular weight excluding hydrogens is 268 g/mol. The average molecular weight is 287 g/mol. The molecule has 19 heavy (non-hydrogen) atoms. The summed E-state index contributed by atoms with van der Waals surface area (Å²) in [4.78, 5) is 11.5. The van der Waals surface area contributed by atoms with Crippen LogP contribution in [0.15, 0.2) is 24.3 Å². The number of nitrogens with two attached hydrogens (primary N) is 1. The molecule has 1 aromatic rings. The molecule has 3 N–H and O–H groups in total. The van der Waals surface area contributed by atoms with E-state index in [0.29, 0.717) is 25.3 Å². The fourth-order valence-electron chi connectivity index (χ4n) is 1.69. The van der Waals surface area contributed by atoms with Gasteiger partial charge in [0.15, 0.2) is 11.5 Å². The van der Waals surface area contributed by atoms with Gasteiger partial charge < -0.3 is 20.5 Å². The molecule has 0 spiro atoms. The van der Waals surface area contributed by atoms with Crippen LogP contribution >= 0.6 is 12.4 Å². The van der Waals surface area contributed by atoms with Gasteiger partial charge in [0.2, 0.25) is 5.91 Å². The molecular formula is C13H19ClN2O3. The number of ether oxygens (including phenoxy) is 2. The van der Waals surface area contributed by atoms with Crippen molar-refractivity contribution in [2.24, 2.45) is 5.73 Å². The Hall–Kier alpha value is -1.46. The third kappa shape index (κ3) is 4.01. The Bertz CT molecular complexity index is 428. The molecule has 1 aromatic carbocycles. The van der Waals surface area contributed by atoms with E-state index in [1.54, 1.807) is 0 Å². The number of carbonyl (C=O) groups excluding carboxylic acids is 1. The van der Waals surface area contributed by atoms with E-state index in [-0.39, 0.29) is 24.4 Å². The van der Waals surface area contributed by atoms with Gasteiger partial charge in [0.1, 0.15) is 12.7 Å². The topological polar surface area (TPSA) is 73.6 Å². The number of para-hydroxylation sites is 2. The highest BCUT2D eigenvalue weighted by Gasteiger charge is 2.21. The minimum Gasteiger partial charge on any atom is -0.486 e. The van der Waals surface area contributed by atoms with Crippen molar-refractivity contribution < 1.29 is 14.3 Å². The van der Waals surface area contributed by atoms with Crippen LogP contribution in [0.3, 0.4) is 0 Å². The van der Waals surface area contributed by atoms with E-state index < -0.39 is 6.04 Å². The summed E-state index contributed by atoms with van der Waals surface area (Å²) in [6, 6.07) is 7.03. The van der Waals surface area contributed by atoms with Crippen molar-refractivity contribution in [2.75, 3.05) is 13.2 Å². The molecule has 2 atom stereocenters. The van der Waals surface area contributed by atoms with Gasteiger partial charge in [-0.15, -0.1) is 12.4 Å². The first-order valence-electron chi connectivity index (χ1n) is 6.12. The maximum atomic E-state index is 11.5. The molecule has 0 saturated carbocycles. The van der Waals surface area contributed by atoms with Crippen LogP contribution in [0.2, 0.25) is 0 Å². The van der Waals surface area contributed by atoms with Crippen LogP contribution in [-0.2, 0) is 4.79 Å². The Kier molecular flexibility index (Phi) is 5.92. The summed E-state index contributed by atoms with van der Waals surface area (Å²) in [5, 5.41) is 2.76. The second-order valence-corrected chi connectivity index (χ2v) is 4.26. The third-order valence-corrected chi connectivity index (χ3v) is 2.85. The highest BCUT2D eigenvalue weighted by Crippen LogP contribution is 2.30. The molecule has 0 aromatic heterocycles. The lowest BCUT2D eigenvalue weighted by atomic mass is 10.2. The summed E-state index contributed by atoms with van der Waals surface area (Å²) in [7, 11) is 0. The van der Waals surface area contributed by atoms with E-state index in [0.717, 1.165) is 5.75 Å². The summed E-state index contributed by atoms with van der Waals surface area (Å²) >= 11 is 0. The standard InChI is InChI=1S/C13H18N2O3.ClH/c1-2-10(14)13(16)15-7-9-8-17-11-5-3-4-6-12(11)18-9;/h3-6,9-10H,2,7-8,14H2,1H3,(H,15,16);1H/t9?,10-;/m0./s1. The number of hydrogen-bond donors (Lipinski definition) is 2. The van der Waals surface area contributed by atoms with E-state index in [2.05, 4.69) is 5.32 Å². The van der Waals surface area contributed by atoms with Gasteiger partial charge in [-0.2, -0.15) is 0 Å². The largest absolute Gasteiger partial charge is 0.486 e. The molecule has 0 fully saturated rings. The van der Waals surface area contributed by atoms with E-state index in [1.165, 1.54) is 0 Å². The summed E-state index contributed by atoms with van der Waals surface area (Å²) in [6.07, 6.45) is 0.448. The zero-order valence-electron chi connectivity index (χ0n) is 10.8. The molecule has 1 heterocycles.